The molecule has 5 nitrogen and oxygen atoms in total. The number of halogens is 2. The van der Waals surface area contributed by atoms with E-state index in [0.717, 1.165) is 25.3 Å². The molecule has 2 heterocycles. The zero-order valence-corrected chi connectivity index (χ0v) is 16.6. The first-order valence-corrected chi connectivity index (χ1v) is 9.92. The molecule has 1 aromatic carbocycles. The Bertz CT molecular complexity index is 759. The summed E-state index contributed by atoms with van der Waals surface area (Å²) in [6.45, 7) is 7.11. The molecule has 0 atom stereocenters. The lowest BCUT2D eigenvalue weighted by Gasteiger charge is -2.26. The number of hydrogen-bond acceptors (Lipinski definition) is 3. The van der Waals surface area contributed by atoms with Crippen molar-refractivity contribution in [1.29, 1.82) is 0 Å². The van der Waals surface area contributed by atoms with Gasteiger partial charge < -0.3 is 9.80 Å². The van der Waals surface area contributed by atoms with Crippen molar-refractivity contribution in [2.75, 3.05) is 38.1 Å². The molecule has 0 aliphatic carbocycles. The summed E-state index contributed by atoms with van der Waals surface area (Å²) in [6, 6.07) is 5.17. The Balaban J connectivity index is 1.78. The van der Waals surface area contributed by atoms with E-state index in [9.17, 15) is 4.79 Å². The predicted octanol–water partition coefficient (Wildman–Crippen LogP) is 1.05. The fourth-order valence-corrected chi connectivity index (χ4v) is 4.17. The lowest BCUT2D eigenvalue weighted by atomic mass is 10.3. The highest BCUT2D eigenvalue weighted by Crippen LogP contribution is 2.33. The Kier molecular flexibility index (Phi) is 5.96. The summed E-state index contributed by atoms with van der Waals surface area (Å²) < 4.78 is 0. The molecule has 8 heteroatoms. The molecule has 2 aromatic rings. The van der Waals surface area contributed by atoms with Gasteiger partial charge in [-0.2, -0.15) is 0 Å². The van der Waals surface area contributed by atoms with Crippen LogP contribution >= 0.6 is 34.5 Å². The van der Waals surface area contributed by atoms with Gasteiger partial charge in [0.2, 0.25) is 5.91 Å². The molecule has 0 radical (unpaired) electrons. The predicted molar refractivity (Wildman–Crippen MR) is 102 cm³/mol. The number of thiazole rings is 1. The second-order valence-corrected chi connectivity index (χ2v) is 8.11. The van der Waals surface area contributed by atoms with Crippen molar-refractivity contribution in [2.45, 2.75) is 13.5 Å². The molecular formula is C17H22Cl2N4OS+2. The van der Waals surface area contributed by atoms with Crippen LogP contribution in [0, 0.1) is 0 Å². The van der Waals surface area contributed by atoms with E-state index in [1.807, 2.05) is 5.38 Å². The highest BCUT2D eigenvalue weighted by atomic mass is 35.5. The van der Waals surface area contributed by atoms with Crippen LogP contribution in [0.15, 0.2) is 23.6 Å². The van der Waals surface area contributed by atoms with Crippen LogP contribution in [-0.4, -0.2) is 44.1 Å². The number of likely N-dealkylation sites (N-methyl/N-ethyl adjacent to an activating group) is 1. The summed E-state index contributed by atoms with van der Waals surface area (Å²) in [5, 5.41) is 3.60. The summed E-state index contributed by atoms with van der Waals surface area (Å²) in [4.78, 5) is 21.6. The van der Waals surface area contributed by atoms with Crippen molar-refractivity contribution in [3.63, 3.8) is 0 Å². The Morgan fingerprint density at radius 1 is 1.24 bits per heavy atom. The number of nitrogens with zero attached hydrogens (tertiary/aromatic N) is 2. The number of nitrogens with one attached hydrogen (secondary N) is 2. The molecule has 134 valence electrons. The van der Waals surface area contributed by atoms with Gasteiger partial charge in [-0.15, -0.1) is 11.3 Å². The molecule has 1 saturated heterocycles. The fourth-order valence-electron chi connectivity index (χ4n) is 2.99. The third kappa shape index (κ3) is 4.51. The molecule has 1 amide bonds. The maximum atomic E-state index is 12.2. The standard InChI is InChI=1S/C17H20Cl2N4OS/c1-12(24)23(14-3-4-15(18)16(19)9-14)17-20-13(11-25-17)10-22-7-5-21(2)6-8-22/h3-4,9,11H,5-8,10H2,1-2H3/p+2. The van der Waals surface area contributed by atoms with Gasteiger partial charge in [0, 0.05) is 12.3 Å². The maximum Gasteiger partial charge on any atom is 0.230 e. The van der Waals surface area contributed by atoms with Crippen molar-refractivity contribution >= 4 is 51.3 Å². The van der Waals surface area contributed by atoms with Gasteiger partial charge in [0.15, 0.2) is 5.13 Å². The zero-order chi connectivity index (χ0) is 18.0. The molecule has 1 fully saturated rings. The number of anilines is 2. The van der Waals surface area contributed by atoms with Gasteiger partial charge in [0.05, 0.1) is 22.8 Å². The zero-order valence-electron chi connectivity index (χ0n) is 14.3. The van der Waals surface area contributed by atoms with Crippen LogP contribution in [-0.2, 0) is 11.3 Å². The number of carbonyl (C=O) groups is 1. The highest BCUT2D eigenvalue weighted by Gasteiger charge is 2.23. The quantitative estimate of drug-likeness (QED) is 0.805. The minimum absolute atomic E-state index is 0.102. The minimum Gasteiger partial charge on any atom is -0.328 e. The molecule has 1 aromatic heterocycles. The summed E-state index contributed by atoms with van der Waals surface area (Å²) in [6.07, 6.45) is 0. The molecule has 3 rings (SSSR count). The van der Waals surface area contributed by atoms with E-state index in [2.05, 4.69) is 7.05 Å². The molecule has 1 aliphatic rings. The van der Waals surface area contributed by atoms with Crippen molar-refractivity contribution in [3.8, 4) is 0 Å². The van der Waals surface area contributed by atoms with Gasteiger partial charge in [-0.1, -0.05) is 23.2 Å². The lowest BCUT2D eigenvalue weighted by Crippen LogP contribution is -3.26. The summed E-state index contributed by atoms with van der Waals surface area (Å²) >= 11 is 13.6. The number of rotatable bonds is 4. The molecule has 0 spiro atoms. The number of hydrogen-bond donors (Lipinski definition) is 2. The molecule has 1 aliphatic heterocycles. The van der Waals surface area contributed by atoms with Crippen LogP contribution in [0.2, 0.25) is 10.0 Å². The lowest BCUT2D eigenvalue weighted by molar-refractivity contribution is -1.01. The minimum atomic E-state index is -0.102. The van der Waals surface area contributed by atoms with Crippen LogP contribution in [0.5, 0.6) is 0 Å². The first-order chi connectivity index (χ1) is 11.9. The van der Waals surface area contributed by atoms with Gasteiger partial charge in [0.25, 0.3) is 0 Å². The Morgan fingerprint density at radius 3 is 2.60 bits per heavy atom. The number of quaternary nitrogens is 2. The summed E-state index contributed by atoms with van der Waals surface area (Å²) in [5.74, 6) is -0.102. The van der Waals surface area contributed by atoms with Crippen LogP contribution in [0.1, 0.15) is 12.6 Å². The van der Waals surface area contributed by atoms with Crippen molar-refractivity contribution in [2.24, 2.45) is 0 Å². The van der Waals surface area contributed by atoms with Crippen LogP contribution in [0.4, 0.5) is 10.8 Å². The van der Waals surface area contributed by atoms with E-state index in [1.54, 1.807) is 32.9 Å². The monoisotopic (exact) mass is 400 g/mol. The van der Waals surface area contributed by atoms with E-state index in [-0.39, 0.29) is 5.91 Å². The second kappa shape index (κ2) is 8.01. The third-order valence-corrected chi connectivity index (χ3v) is 6.06. The summed E-state index contributed by atoms with van der Waals surface area (Å²) in [5.41, 5.74) is 1.71. The third-order valence-electron chi connectivity index (χ3n) is 4.45. The molecule has 0 bridgehead atoms. The average Bonchev–Trinajstić information content (AvgIpc) is 3.01. The van der Waals surface area contributed by atoms with E-state index < -0.39 is 0 Å². The Morgan fingerprint density at radius 2 is 1.96 bits per heavy atom. The smallest absolute Gasteiger partial charge is 0.230 e. The van der Waals surface area contributed by atoms with Crippen molar-refractivity contribution in [1.82, 2.24) is 4.98 Å². The van der Waals surface area contributed by atoms with E-state index in [1.165, 1.54) is 31.4 Å². The molecule has 2 N–H and O–H groups in total. The number of aromatic nitrogens is 1. The van der Waals surface area contributed by atoms with Crippen molar-refractivity contribution < 1.29 is 14.6 Å². The molecular weight excluding hydrogens is 379 g/mol. The molecule has 25 heavy (non-hydrogen) atoms. The fraction of sp³-hybridized carbons (Fsp3) is 0.412. The topological polar surface area (TPSA) is 42.1 Å². The maximum absolute atomic E-state index is 12.2. The van der Waals surface area contributed by atoms with Crippen molar-refractivity contribution in [3.05, 3.63) is 39.3 Å². The van der Waals surface area contributed by atoms with Gasteiger partial charge >= 0.3 is 0 Å². The van der Waals surface area contributed by atoms with Crippen LogP contribution in [0.3, 0.4) is 0 Å². The highest BCUT2D eigenvalue weighted by molar-refractivity contribution is 7.14. The number of benzene rings is 1. The second-order valence-electron chi connectivity index (χ2n) is 6.46. The number of piperazine rings is 1. The van der Waals surface area contributed by atoms with E-state index in [0.29, 0.717) is 20.9 Å². The SMILES string of the molecule is CC(=O)N(c1ccc(Cl)c(Cl)c1)c1nc(C[NH+]2CC[NH+](C)CC2)cs1. The van der Waals surface area contributed by atoms with Crippen LogP contribution < -0.4 is 14.7 Å². The van der Waals surface area contributed by atoms with Gasteiger partial charge in [0.1, 0.15) is 38.4 Å². The van der Waals surface area contributed by atoms with Crippen LogP contribution in [0.25, 0.3) is 0 Å². The molecule has 0 unspecified atom stereocenters. The Labute approximate surface area is 161 Å². The van der Waals surface area contributed by atoms with Gasteiger partial charge in [-0.05, 0) is 18.2 Å². The van der Waals surface area contributed by atoms with E-state index >= 15 is 0 Å². The largest absolute Gasteiger partial charge is 0.328 e. The Hall–Kier alpha value is -1.18. The van der Waals surface area contributed by atoms with E-state index in [4.69, 9.17) is 28.2 Å². The number of carbonyl (C=O) groups excluding carboxylic acids is 1. The average molecular weight is 401 g/mol. The summed E-state index contributed by atoms with van der Waals surface area (Å²) in [7, 11) is 2.24. The molecule has 0 saturated carbocycles. The number of amides is 1. The van der Waals surface area contributed by atoms with Gasteiger partial charge in [-0.3, -0.25) is 9.69 Å². The normalized spacial score (nSPS) is 20.5. The first kappa shape index (κ1) is 18.6. The first-order valence-electron chi connectivity index (χ1n) is 8.29. The van der Waals surface area contributed by atoms with Gasteiger partial charge in [-0.25, -0.2) is 4.98 Å².